The molecule has 0 unspecified atom stereocenters. The van der Waals surface area contributed by atoms with Gasteiger partial charge >= 0.3 is 0 Å². The van der Waals surface area contributed by atoms with Crippen molar-refractivity contribution < 1.29 is 4.39 Å². The molecule has 0 saturated heterocycles. The van der Waals surface area contributed by atoms with E-state index in [0.29, 0.717) is 0 Å². The fourth-order valence-corrected chi connectivity index (χ4v) is 1.63. The third kappa shape index (κ3) is 3.73. The van der Waals surface area contributed by atoms with Crippen LogP contribution in [0.1, 0.15) is 18.9 Å². The van der Waals surface area contributed by atoms with Crippen LogP contribution in [0.15, 0.2) is 34.8 Å². The van der Waals surface area contributed by atoms with Crippen molar-refractivity contribution in [2.24, 2.45) is 0 Å². The van der Waals surface area contributed by atoms with Gasteiger partial charge in [0.05, 0.1) is 0 Å². The van der Waals surface area contributed by atoms with Gasteiger partial charge in [-0.2, -0.15) is 0 Å². The van der Waals surface area contributed by atoms with Crippen LogP contribution in [0.5, 0.6) is 0 Å². The molecule has 1 rings (SSSR count). The average Bonchev–Trinajstić information content (AvgIpc) is 1.99. The molecule has 0 heterocycles. The van der Waals surface area contributed by atoms with E-state index in [1.807, 2.05) is 13.0 Å². The number of rotatable bonds is 3. The number of aryl methyl sites for hydroxylation is 1. The first kappa shape index (κ1) is 10.5. The minimum Gasteiger partial charge on any atom is -0.207 e. The summed E-state index contributed by atoms with van der Waals surface area (Å²) in [4.78, 5) is 0. The molecule has 70 valence electrons. The summed E-state index contributed by atoms with van der Waals surface area (Å²) in [5, 5.41) is 0. The third-order valence-corrected chi connectivity index (χ3v) is 2.22. The molecule has 0 radical (unpaired) electrons. The second-order valence-electron chi connectivity index (χ2n) is 3.23. The molecule has 2 heteroatoms. The van der Waals surface area contributed by atoms with Gasteiger partial charge in [0.25, 0.3) is 0 Å². The maximum atomic E-state index is 12.9. The predicted molar refractivity (Wildman–Crippen MR) is 57.2 cm³/mol. The molecule has 0 bridgehead atoms. The van der Waals surface area contributed by atoms with Gasteiger partial charge in [-0.15, -0.1) is 6.58 Å². The predicted octanol–water partition coefficient (Wildman–Crippen LogP) is 4.10. The summed E-state index contributed by atoms with van der Waals surface area (Å²) in [6, 6.07) is 4.96. The molecule has 0 saturated carbocycles. The molecule has 0 aliphatic carbocycles. The minimum atomic E-state index is -0.189. The lowest BCUT2D eigenvalue weighted by Gasteiger charge is -2.02. The van der Waals surface area contributed by atoms with E-state index in [1.54, 1.807) is 6.07 Å². The van der Waals surface area contributed by atoms with Gasteiger partial charge in [0.15, 0.2) is 0 Å². The standard InChI is InChI=1S/C11H12BrF/c1-8(2)3-4-9-5-10(12)7-11(13)6-9/h5-7H,1,3-4H2,2H3. The van der Waals surface area contributed by atoms with Crippen LogP contribution in [0.2, 0.25) is 0 Å². The molecule has 0 aromatic heterocycles. The molecule has 0 N–H and O–H groups in total. The largest absolute Gasteiger partial charge is 0.207 e. The molecular weight excluding hydrogens is 231 g/mol. The Morgan fingerprint density at radius 2 is 2.15 bits per heavy atom. The number of hydrogen-bond acceptors (Lipinski definition) is 0. The Hall–Kier alpha value is -0.630. The second-order valence-corrected chi connectivity index (χ2v) is 4.15. The van der Waals surface area contributed by atoms with Gasteiger partial charge in [0, 0.05) is 4.47 Å². The molecule has 1 aromatic rings. The number of hydrogen-bond donors (Lipinski definition) is 0. The molecule has 0 spiro atoms. The van der Waals surface area contributed by atoms with Crippen molar-refractivity contribution in [3.8, 4) is 0 Å². The lowest BCUT2D eigenvalue weighted by molar-refractivity contribution is 0.624. The Morgan fingerprint density at radius 1 is 1.46 bits per heavy atom. The van der Waals surface area contributed by atoms with Crippen molar-refractivity contribution in [3.05, 3.63) is 46.2 Å². The van der Waals surface area contributed by atoms with Gasteiger partial charge in [-0.25, -0.2) is 4.39 Å². The molecule has 0 atom stereocenters. The summed E-state index contributed by atoms with van der Waals surface area (Å²) in [5.74, 6) is -0.189. The minimum absolute atomic E-state index is 0.189. The van der Waals surface area contributed by atoms with Crippen molar-refractivity contribution in [1.82, 2.24) is 0 Å². The Bertz CT molecular complexity index is 298. The topological polar surface area (TPSA) is 0 Å². The highest BCUT2D eigenvalue weighted by Gasteiger charge is 1.98. The van der Waals surface area contributed by atoms with Crippen LogP contribution in [-0.2, 0) is 6.42 Å². The van der Waals surface area contributed by atoms with Gasteiger partial charge in [0.1, 0.15) is 5.82 Å². The summed E-state index contributed by atoms with van der Waals surface area (Å²) in [7, 11) is 0. The summed E-state index contributed by atoms with van der Waals surface area (Å²) < 4.78 is 13.7. The Kier molecular flexibility index (Phi) is 3.67. The van der Waals surface area contributed by atoms with Crippen molar-refractivity contribution >= 4 is 15.9 Å². The van der Waals surface area contributed by atoms with Crippen LogP contribution in [0.3, 0.4) is 0 Å². The van der Waals surface area contributed by atoms with Crippen LogP contribution >= 0.6 is 15.9 Å². The quantitative estimate of drug-likeness (QED) is 0.701. The van der Waals surface area contributed by atoms with Crippen molar-refractivity contribution in [3.63, 3.8) is 0 Å². The lowest BCUT2D eigenvalue weighted by atomic mass is 10.1. The molecule has 0 fully saturated rings. The van der Waals surface area contributed by atoms with Crippen molar-refractivity contribution in [1.29, 1.82) is 0 Å². The van der Waals surface area contributed by atoms with Gasteiger partial charge in [-0.05, 0) is 43.5 Å². The SMILES string of the molecule is C=C(C)CCc1cc(F)cc(Br)c1. The molecule has 13 heavy (non-hydrogen) atoms. The van der Waals surface area contributed by atoms with Crippen LogP contribution in [-0.4, -0.2) is 0 Å². The van der Waals surface area contributed by atoms with Gasteiger partial charge < -0.3 is 0 Å². The maximum absolute atomic E-state index is 12.9. The highest BCUT2D eigenvalue weighted by Crippen LogP contribution is 2.16. The van der Waals surface area contributed by atoms with Crippen LogP contribution in [0, 0.1) is 5.82 Å². The fraction of sp³-hybridized carbons (Fsp3) is 0.273. The summed E-state index contributed by atoms with van der Waals surface area (Å²) in [5.41, 5.74) is 2.13. The summed E-state index contributed by atoms with van der Waals surface area (Å²) in [6.45, 7) is 5.79. The maximum Gasteiger partial charge on any atom is 0.124 e. The van der Waals surface area contributed by atoms with Gasteiger partial charge in [-0.3, -0.25) is 0 Å². The van der Waals surface area contributed by atoms with E-state index in [1.165, 1.54) is 6.07 Å². The number of halogens is 2. The zero-order valence-electron chi connectivity index (χ0n) is 7.61. The third-order valence-electron chi connectivity index (χ3n) is 1.76. The Labute approximate surface area is 86.6 Å². The zero-order chi connectivity index (χ0) is 9.84. The molecule has 0 amide bonds. The highest BCUT2D eigenvalue weighted by molar-refractivity contribution is 9.10. The van der Waals surface area contributed by atoms with Crippen LogP contribution in [0.25, 0.3) is 0 Å². The first-order valence-electron chi connectivity index (χ1n) is 4.17. The molecule has 0 aliphatic rings. The van der Waals surface area contributed by atoms with Crippen molar-refractivity contribution in [2.45, 2.75) is 19.8 Å². The lowest BCUT2D eigenvalue weighted by Crippen LogP contribution is -1.87. The normalized spacial score (nSPS) is 10.1. The molecule has 0 nitrogen and oxygen atoms in total. The van der Waals surface area contributed by atoms with Gasteiger partial charge in [-0.1, -0.05) is 21.5 Å². The van der Waals surface area contributed by atoms with Gasteiger partial charge in [0.2, 0.25) is 0 Å². The van der Waals surface area contributed by atoms with Crippen molar-refractivity contribution in [2.75, 3.05) is 0 Å². The van der Waals surface area contributed by atoms with Crippen LogP contribution in [0.4, 0.5) is 4.39 Å². The Balaban J connectivity index is 2.71. The first-order chi connectivity index (χ1) is 6.08. The highest BCUT2D eigenvalue weighted by atomic mass is 79.9. The average molecular weight is 243 g/mol. The number of benzene rings is 1. The smallest absolute Gasteiger partial charge is 0.124 e. The van der Waals surface area contributed by atoms with E-state index in [9.17, 15) is 4.39 Å². The molecular formula is C11H12BrF. The molecule has 1 aromatic carbocycles. The summed E-state index contributed by atoms with van der Waals surface area (Å²) >= 11 is 3.26. The van der Waals surface area contributed by atoms with E-state index in [4.69, 9.17) is 0 Å². The summed E-state index contributed by atoms with van der Waals surface area (Å²) in [6.07, 6.45) is 1.77. The van der Waals surface area contributed by atoms with E-state index in [0.717, 1.165) is 28.5 Å². The van der Waals surface area contributed by atoms with Crippen LogP contribution < -0.4 is 0 Å². The monoisotopic (exact) mass is 242 g/mol. The zero-order valence-corrected chi connectivity index (χ0v) is 9.20. The fourth-order valence-electron chi connectivity index (χ4n) is 1.11. The van der Waals surface area contributed by atoms with E-state index < -0.39 is 0 Å². The second kappa shape index (κ2) is 4.56. The molecule has 0 aliphatic heterocycles. The van der Waals surface area contributed by atoms with E-state index >= 15 is 0 Å². The number of allylic oxidation sites excluding steroid dienone is 1. The Morgan fingerprint density at radius 3 is 2.69 bits per heavy atom. The van der Waals surface area contributed by atoms with E-state index in [-0.39, 0.29) is 5.82 Å². The first-order valence-corrected chi connectivity index (χ1v) is 4.96. The van der Waals surface area contributed by atoms with E-state index in [2.05, 4.69) is 22.5 Å².